The first-order valence-corrected chi connectivity index (χ1v) is 5.87. The Morgan fingerprint density at radius 3 is 2.56 bits per heavy atom. The van der Waals surface area contributed by atoms with Gasteiger partial charge in [0.05, 0.1) is 11.0 Å². The van der Waals surface area contributed by atoms with Gasteiger partial charge in [0.1, 0.15) is 0 Å². The summed E-state index contributed by atoms with van der Waals surface area (Å²) in [6, 6.07) is 5.81. The summed E-state index contributed by atoms with van der Waals surface area (Å²) in [6.07, 6.45) is 1.50. The van der Waals surface area contributed by atoms with Gasteiger partial charge in [0.15, 0.2) is 0 Å². The van der Waals surface area contributed by atoms with Crippen molar-refractivity contribution in [3.63, 3.8) is 0 Å². The van der Waals surface area contributed by atoms with Gasteiger partial charge in [-0.1, -0.05) is 6.07 Å². The lowest BCUT2D eigenvalue weighted by molar-refractivity contribution is -0.137. The molecule has 96 valence electrons. The minimum Gasteiger partial charge on any atom is -0.481 e. The molecule has 1 aromatic heterocycles. The van der Waals surface area contributed by atoms with Crippen molar-refractivity contribution in [1.82, 2.24) is 9.13 Å². The molecule has 5 nitrogen and oxygen atoms in total. The van der Waals surface area contributed by atoms with Crippen LogP contribution in [0.4, 0.5) is 0 Å². The molecule has 18 heavy (non-hydrogen) atoms. The third-order valence-corrected chi connectivity index (χ3v) is 3.19. The Kier molecular flexibility index (Phi) is 3.23. The van der Waals surface area contributed by atoms with Crippen LogP contribution in [-0.2, 0) is 25.3 Å². The first-order valence-electron chi connectivity index (χ1n) is 5.87. The summed E-state index contributed by atoms with van der Waals surface area (Å²) in [7, 11) is 3.49. The van der Waals surface area contributed by atoms with E-state index in [-0.39, 0.29) is 12.1 Å². The van der Waals surface area contributed by atoms with E-state index in [2.05, 4.69) is 0 Å². The molecular weight excluding hydrogens is 232 g/mol. The fourth-order valence-corrected chi connectivity index (χ4v) is 2.15. The van der Waals surface area contributed by atoms with Crippen molar-refractivity contribution in [2.45, 2.75) is 19.3 Å². The molecule has 1 aromatic carbocycles. The van der Waals surface area contributed by atoms with Gasteiger partial charge in [-0.3, -0.25) is 13.9 Å². The lowest BCUT2D eigenvalue weighted by Crippen LogP contribution is -2.19. The quantitative estimate of drug-likeness (QED) is 0.886. The number of aromatic nitrogens is 2. The summed E-state index contributed by atoms with van der Waals surface area (Å²) in [5.74, 6) is -0.775. The molecule has 2 rings (SSSR count). The number of rotatable bonds is 4. The minimum atomic E-state index is -0.775. The van der Waals surface area contributed by atoms with Gasteiger partial charge < -0.3 is 5.11 Å². The fraction of sp³-hybridized carbons (Fsp3) is 0.385. The number of carboxylic acid groups (broad SMARTS) is 1. The molecule has 0 aliphatic carbocycles. The largest absolute Gasteiger partial charge is 0.481 e. The van der Waals surface area contributed by atoms with Gasteiger partial charge in [-0.25, -0.2) is 4.79 Å². The second kappa shape index (κ2) is 4.68. The van der Waals surface area contributed by atoms with Crippen LogP contribution in [0.2, 0.25) is 0 Å². The molecule has 0 saturated carbocycles. The summed E-state index contributed by atoms with van der Waals surface area (Å²) in [4.78, 5) is 22.2. The number of benzene rings is 1. The lowest BCUT2D eigenvalue weighted by Gasteiger charge is -2.01. The van der Waals surface area contributed by atoms with Gasteiger partial charge in [0, 0.05) is 20.5 Å². The number of nitrogens with zero attached hydrogens (tertiary/aromatic N) is 2. The Balaban J connectivity index is 2.30. The zero-order valence-corrected chi connectivity index (χ0v) is 10.5. The van der Waals surface area contributed by atoms with Crippen LogP contribution in [0.15, 0.2) is 23.0 Å². The molecule has 2 aromatic rings. The molecule has 0 spiro atoms. The number of fused-ring (bicyclic) bond motifs is 1. The molecule has 0 radical (unpaired) electrons. The smallest absolute Gasteiger partial charge is 0.328 e. The van der Waals surface area contributed by atoms with E-state index in [9.17, 15) is 9.59 Å². The molecule has 5 heteroatoms. The number of aryl methyl sites for hydroxylation is 3. The number of hydrogen-bond donors (Lipinski definition) is 1. The average Bonchev–Trinajstić information content (AvgIpc) is 2.54. The van der Waals surface area contributed by atoms with Crippen molar-refractivity contribution in [2.75, 3.05) is 0 Å². The van der Waals surface area contributed by atoms with Crippen molar-refractivity contribution in [2.24, 2.45) is 14.1 Å². The molecular formula is C13H16N2O3. The molecule has 0 aliphatic heterocycles. The standard InChI is InChI=1S/C13H16N2O3/c1-14-10-7-6-9(4-3-5-12(16)17)8-11(10)15(2)13(14)18/h6-8H,3-5H2,1-2H3,(H,16,17). The van der Waals surface area contributed by atoms with Gasteiger partial charge in [-0.15, -0.1) is 0 Å². The maximum Gasteiger partial charge on any atom is 0.328 e. The van der Waals surface area contributed by atoms with Gasteiger partial charge in [-0.05, 0) is 30.5 Å². The van der Waals surface area contributed by atoms with E-state index in [1.165, 1.54) is 0 Å². The van der Waals surface area contributed by atoms with Gasteiger partial charge in [0.2, 0.25) is 0 Å². The number of imidazole rings is 1. The predicted octanol–water partition coefficient (Wildman–Crippen LogP) is 1.28. The van der Waals surface area contributed by atoms with Crippen molar-refractivity contribution in [3.05, 3.63) is 34.2 Å². The van der Waals surface area contributed by atoms with Crippen LogP contribution in [0, 0.1) is 0 Å². The van der Waals surface area contributed by atoms with Crippen LogP contribution in [0.25, 0.3) is 11.0 Å². The van der Waals surface area contributed by atoms with Gasteiger partial charge in [-0.2, -0.15) is 0 Å². The monoisotopic (exact) mass is 248 g/mol. The van der Waals surface area contributed by atoms with Crippen LogP contribution in [0.3, 0.4) is 0 Å². The zero-order chi connectivity index (χ0) is 13.3. The molecule has 0 atom stereocenters. The fourth-order valence-electron chi connectivity index (χ4n) is 2.15. The predicted molar refractivity (Wildman–Crippen MR) is 68.7 cm³/mol. The van der Waals surface area contributed by atoms with E-state index < -0.39 is 5.97 Å². The topological polar surface area (TPSA) is 64.2 Å². The molecule has 1 N–H and O–H groups in total. The maximum absolute atomic E-state index is 11.8. The lowest BCUT2D eigenvalue weighted by atomic mass is 10.1. The maximum atomic E-state index is 11.8. The third-order valence-electron chi connectivity index (χ3n) is 3.19. The van der Waals surface area contributed by atoms with E-state index in [0.717, 1.165) is 16.6 Å². The highest BCUT2D eigenvalue weighted by molar-refractivity contribution is 5.76. The van der Waals surface area contributed by atoms with Gasteiger partial charge >= 0.3 is 11.7 Å². The normalized spacial score (nSPS) is 11.0. The first kappa shape index (κ1) is 12.4. The van der Waals surface area contributed by atoms with Crippen LogP contribution in [0.5, 0.6) is 0 Å². The summed E-state index contributed by atoms with van der Waals surface area (Å²) in [5, 5.41) is 8.60. The zero-order valence-electron chi connectivity index (χ0n) is 10.5. The number of carbonyl (C=O) groups is 1. The highest BCUT2D eigenvalue weighted by Crippen LogP contribution is 2.15. The molecule has 0 amide bonds. The van der Waals surface area contributed by atoms with Crippen molar-refractivity contribution in [1.29, 1.82) is 0 Å². The van der Waals surface area contributed by atoms with Crippen LogP contribution in [-0.4, -0.2) is 20.2 Å². The number of carboxylic acids is 1. The summed E-state index contributed by atoms with van der Waals surface area (Å²) in [5.41, 5.74) is 2.79. The Bertz CT molecular complexity index is 652. The Morgan fingerprint density at radius 1 is 1.22 bits per heavy atom. The Morgan fingerprint density at radius 2 is 1.89 bits per heavy atom. The Labute approximate surface area is 104 Å². The summed E-state index contributed by atoms with van der Waals surface area (Å²) >= 11 is 0. The molecule has 0 saturated heterocycles. The van der Waals surface area contributed by atoms with Crippen molar-refractivity contribution in [3.8, 4) is 0 Å². The summed E-state index contributed by atoms with van der Waals surface area (Å²) < 4.78 is 3.21. The molecule has 0 unspecified atom stereocenters. The molecule has 0 fully saturated rings. The molecule has 0 aliphatic rings. The Hall–Kier alpha value is -2.04. The van der Waals surface area contributed by atoms with Gasteiger partial charge in [0.25, 0.3) is 0 Å². The van der Waals surface area contributed by atoms with Crippen molar-refractivity contribution >= 4 is 17.0 Å². The first-order chi connectivity index (χ1) is 8.50. The number of aliphatic carboxylic acids is 1. The van der Waals surface area contributed by atoms with E-state index in [1.54, 1.807) is 23.2 Å². The van der Waals surface area contributed by atoms with Crippen LogP contribution >= 0.6 is 0 Å². The van der Waals surface area contributed by atoms with Crippen LogP contribution in [0.1, 0.15) is 18.4 Å². The number of hydrogen-bond acceptors (Lipinski definition) is 2. The van der Waals surface area contributed by atoms with Crippen molar-refractivity contribution < 1.29 is 9.90 Å². The second-order valence-electron chi connectivity index (χ2n) is 4.47. The van der Waals surface area contributed by atoms with E-state index in [0.29, 0.717) is 12.8 Å². The third kappa shape index (κ3) is 2.16. The molecule has 0 bridgehead atoms. The second-order valence-corrected chi connectivity index (χ2v) is 4.47. The van der Waals surface area contributed by atoms with Crippen LogP contribution < -0.4 is 5.69 Å². The highest BCUT2D eigenvalue weighted by atomic mass is 16.4. The SMILES string of the molecule is Cn1c(=O)n(C)c2cc(CCCC(=O)O)ccc21. The summed E-state index contributed by atoms with van der Waals surface area (Å²) in [6.45, 7) is 0. The van der Waals surface area contributed by atoms with E-state index >= 15 is 0 Å². The average molecular weight is 248 g/mol. The van der Waals surface area contributed by atoms with E-state index in [4.69, 9.17) is 5.11 Å². The molecule has 1 heterocycles. The van der Waals surface area contributed by atoms with E-state index in [1.807, 2.05) is 18.2 Å². The highest BCUT2D eigenvalue weighted by Gasteiger charge is 2.08. The minimum absolute atomic E-state index is 0.0484.